The van der Waals surface area contributed by atoms with Crippen molar-refractivity contribution in [3.63, 3.8) is 0 Å². The number of nitrogens with one attached hydrogen (secondary N) is 1. The highest BCUT2D eigenvalue weighted by molar-refractivity contribution is 7.99. The van der Waals surface area contributed by atoms with Crippen LogP contribution < -0.4 is 10.5 Å². The van der Waals surface area contributed by atoms with Gasteiger partial charge in [0.25, 0.3) is 0 Å². The van der Waals surface area contributed by atoms with Gasteiger partial charge in [-0.15, -0.1) is 0 Å². The number of halogens is 2. The van der Waals surface area contributed by atoms with E-state index >= 15 is 0 Å². The Morgan fingerprint density at radius 3 is 2.80 bits per heavy atom. The lowest BCUT2D eigenvalue weighted by atomic mass is 10.1. The first kappa shape index (κ1) is 17.4. The van der Waals surface area contributed by atoms with Crippen molar-refractivity contribution in [3.05, 3.63) is 40.6 Å². The maximum absolute atomic E-state index is 8.66. The van der Waals surface area contributed by atoms with Crippen molar-refractivity contribution in [2.24, 2.45) is 0 Å². The standard InChI is InChI=1S/C15H10Cl2N6OS/c16-9-6-10(17)12(24-4-1-18)5-8(9)11-7-13(23-14(19)22-11)25-15-20-2-3-21-15/h2-3,5-7H,4H2,(H,20,21)(H2,19,22,23). The summed E-state index contributed by atoms with van der Waals surface area (Å²) < 4.78 is 5.30. The van der Waals surface area contributed by atoms with Gasteiger partial charge in [0.05, 0.1) is 15.7 Å². The maximum Gasteiger partial charge on any atom is 0.221 e. The minimum atomic E-state index is -0.133. The number of nitrogen functional groups attached to an aromatic ring is 1. The molecule has 0 spiro atoms. The molecule has 7 nitrogen and oxygen atoms in total. The fourth-order valence-corrected chi connectivity index (χ4v) is 3.27. The molecule has 0 unspecified atom stereocenters. The van der Waals surface area contributed by atoms with Gasteiger partial charge < -0.3 is 15.5 Å². The molecule has 10 heteroatoms. The molecule has 0 saturated heterocycles. The Balaban J connectivity index is 2.01. The van der Waals surface area contributed by atoms with Crippen LogP contribution in [-0.4, -0.2) is 26.5 Å². The quantitative estimate of drug-likeness (QED) is 0.634. The summed E-state index contributed by atoms with van der Waals surface area (Å²) in [4.78, 5) is 15.5. The third-order valence-corrected chi connectivity index (χ3v) is 4.43. The second-order valence-corrected chi connectivity index (χ2v) is 6.48. The average molecular weight is 393 g/mol. The van der Waals surface area contributed by atoms with Gasteiger partial charge >= 0.3 is 0 Å². The van der Waals surface area contributed by atoms with E-state index in [4.69, 9.17) is 38.9 Å². The molecule has 0 saturated carbocycles. The summed E-state index contributed by atoms with van der Waals surface area (Å²) in [7, 11) is 0. The van der Waals surface area contributed by atoms with Gasteiger partial charge in [0.2, 0.25) is 5.95 Å². The smallest absolute Gasteiger partial charge is 0.221 e. The van der Waals surface area contributed by atoms with Crippen molar-refractivity contribution in [2.75, 3.05) is 12.3 Å². The second kappa shape index (κ2) is 7.61. The Bertz CT molecular complexity index is 942. The van der Waals surface area contributed by atoms with Crippen LogP contribution in [0.3, 0.4) is 0 Å². The molecule has 2 heterocycles. The molecule has 0 radical (unpaired) electrons. The molecule has 2 aromatic heterocycles. The minimum Gasteiger partial charge on any atom is -0.477 e. The van der Waals surface area contributed by atoms with Gasteiger partial charge in [0.1, 0.15) is 16.8 Å². The van der Waals surface area contributed by atoms with Crippen molar-refractivity contribution in [3.8, 4) is 23.1 Å². The molecule has 126 valence electrons. The van der Waals surface area contributed by atoms with Crippen LogP contribution in [0.2, 0.25) is 10.0 Å². The van der Waals surface area contributed by atoms with E-state index in [-0.39, 0.29) is 12.6 Å². The Morgan fingerprint density at radius 2 is 2.08 bits per heavy atom. The van der Waals surface area contributed by atoms with Crippen LogP contribution in [0.5, 0.6) is 5.75 Å². The number of aromatic amines is 1. The average Bonchev–Trinajstić information content (AvgIpc) is 3.06. The number of nitriles is 1. The van der Waals surface area contributed by atoms with E-state index in [1.165, 1.54) is 17.8 Å². The van der Waals surface area contributed by atoms with E-state index in [1.54, 1.807) is 24.5 Å². The summed E-state index contributed by atoms with van der Waals surface area (Å²) in [6, 6.07) is 6.76. The van der Waals surface area contributed by atoms with Crippen LogP contribution in [0.15, 0.2) is 40.8 Å². The van der Waals surface area contributed by atoms with Crippen molar-refractivity contribution in [1.82, 2.24) is 19.9 Å². The SMILES string of the molecule is N#CCOc1cc(-c2cc(Sc3ncc[nH]3)nc(N)n2)c(Cl)cc1Cl. The van der Waals surface area contributed by atoms with Gasteiger partial charge in [0.15, 0.2) is 11.8 Å². The fraction of sp³-hybridized carbons (Fsp3) is 0.0667. The molecule has 3 aromatic rings. The Morgan fingerprint density at radius 1 is 1.24 bits per heavy atom. The van der Waals surface area contributed by atoms with Gasteiger partial charge in [-0.2, -0.15) is 5.26 Å². The molecular formula is C15H10Cl2N6OS. The summed E-state index contributed by atoms with van der Waals surface area (Å²) >= 11 is 13.7. The number of hydrogen-bond donors (Lipinski definition) is 2. The number of imidazole rings is 1. The van der Waals surface area contributed by atoms with Gasteiger partial charge in [-0.1, -0.05) is 23.2 Å². The van der Waals surface area contributed by atoms with Crippen LogP contribution in [0.1, 0.15) is 0 Å². The number of nitrogens with two attached hydrogens (primary N) is 1. The first-order valence-electron chi connectivity index (χ1n) is 6.88. The molecular weight excluding hydrogens is 383 g/mol. The highest BCUT2D eigenvalue weighted by Crippen LogP contribution is 2.37. The topological polar surface area (TPSA) is 114 Å². The number of benzene rings is 1. The van der Waals surface area contributed by atoms with E-state index in [1.807, 2.05) is 6.07 Å². The Hall–Kier alpha value is -2.47. The third-order valence-electron chi connectivity index (χ3n) is 2.98. The molecule has 0 aliphatic rings. The molecule has 0 amide bonds. The monoisotopic (exact) mass is 392 g/mol. The molecule has 0 atom stereocenters. The van der Waals surface area contributed by atoms with E-state index in [0.29, 0.717) is 37.2 Å². The van der Waals surface area contributed by atoms with Gasteiger partial charge in [-0.05, 0) is 30.0 Å². The first-order valence-corrected chi connectivity index (χ1v) is 8.45. The number of rotatable bonds is 5. The molecule has 25 heavy (non-hydrogen) atoms. The molecule has 0 bridgehead atoms. The lowest BCUT2D eigenvalue weighted by molar-refractivity contribution is 0.368. The zero-order valence-corrected chi connectivity index (χ0v) is 14.9. The molecule has 1 aromatic carbocycles. The zero-order valence-electron chi connectivity index (χ0n) is 12.5. The number of hydrogen-bond acceptors (Lipinski definition) is 7. The summed E-state index contributed by atoms with van der Waals surface area (Å²) in [6.07, 6.45) is 3.35. The molecule has 3 N–H and O–H groups in total. The van der Waals surface area contributed by atoms with Crippen LogP contribution in [0, 0.1) is 11.3 Å². The molecule has 0 aliphatic heterocycles. The largest absolute Gasteiger partial charge is 0.477 e. The second-order valence-electron chi connectivity index (χ2n) is 4.66. The van der Waals surface area contributed by atoms with Crippen molar-refractivity contribution >= 4 is 40.9 Å². The number of aromatic nitrogens is 4. The van der Waals surface area contributed by atoms with Crippen molar-refractivity contribution in [1.29, 1.82) is 5.26 Å². The zero-order chi connectivity index (χ0) is 17.8. The summed E-state index contributed by atoms with van der Waals surface area (Å²) in [5, 5.41) is 10.6. The predicted molar refractivity (Wildman–Crippen MR) is 95.7 cm³/mol. The number of nitrogens with zero attached hydrogens (tertiary/aromatic N) is 4. The van der Waals surface area contributed by atoms with Crippen LogP contribution in [0.25, 0.3) is 11.3 Å². The lowest BCUT2D eigenvalue weighted by Crippen LogP contribution is -1.99. The third kappa shape index (κ3) is 4.14. The molecule has 0 fully saturated rings. The maximum atomic E-state index is 8.66. The number of anilines is 1. The fourth-order valence-electron chi connectivity index (χ4n) is 1.98. The van der Waals surface area contributed by atoms with Crippen LogP contribution >= 0.6 is 35.0 Å². The summed E-state index contributed by atoms with van der Waals surface area (Å²) in [5.41, 5.74) is 6.88. The van der Waals surface area contributed by atoms with Crippen molar-refractivity contribution in [2.45, 2.75) is 10.2 Å². The number of H-pyrrole nitrogens is 1. The van der Waals surface area contributed by atoms with Gasteiger partial charge in [-0.25, -0.2) is 15.0 Å². The first-order chi connectivity index (χ1) is 12.1. The van der Waals surface area contributed by atoms with Gasteiger partial charge in [-0.3, -0.25) is 0 Å². The number of ether oxygens (including phenoxy) is 1. The molecule has 0 aliphatic carbocycles. The van der Waals surface area contributed by atoms with Crippen LogP contribution in [0.4, 0.5) is 5.95 Å². The highest BCUT2D eigenvalue weighted by atomic mass is 35.5. The Labute approximate surface area is 157 Å². The summed E-state index contributed by atoms with van der Waals surface area (Å²) in [6.45, 7) is -0.133. The highest BCUT2D eigenvalue weighted by Gasteiger charge is 2.14. The van der Waals surface area contributed by atoms with E-state index in [0.717, 1.165) is 0 Å². The normalized spacial score (nSPS) is 10.4. The minimum absolute atomic E-state index is 0.0945. The predicted octanol–water partition coefficient (Wildman–Crippen LogP) is 3.81. The van der Waals surface area contributed by atoms with E-state index in [2.05, 4.69) is 19.9 Å². The van der Waals surface area contributed by atoms with Crippen molar-refractivity contribution < 1.29 is 4.74 Å². The van der Waals surface area contributed by atoms with Crippen LogP contribution in [-0.2, 0) is 0 Å². The lowest BCUT2D eigenvalue weighted by Gasteiger charge is -2.10. The van der Waals surface area contributed by atoms with E-state index < -0.39 is 0 Å². The summed E-state index contributed by atoms with van der Waals surface area (Å²) in [5.74, 6) is 0.428. The van der Waals surface area contributed by atoms with Gasteiger partial charge in [0, 0.05) is 18.0 Å². The van der Waals surface area contributed by atoms with E-state index in [9.17, 15) is 0 Å². The molecule has 3 rings (SSSR count). The Kier molecular flexibility index (Phi) is 5.28.